The molecule has 0 bridgehead atoms. The average molecular weight is 601 g/mol. The van der Waals surface area contributed by atoms with E-state index in [-0.39, 0.29) is 15.7 Å². The topological polar surface area (TPSA) is 43.4 Å². The Hall–Kier alpha value is -3.07. The van der Waals surface area contributed by atoms with Crippen LogP contribution in [0.25, 0.3) is 0 Å². The number of halogens is 3. The van der Waals surface area contributed by atoms with Gasteiger partial charge < -0.3 is 0 Å². The highest BCUT2D eigenvalue weighted by molar-refractivity contribution is 8.33. The van der Waals surface area contributed by atoms with Gasteiger partial charge in [-0.15, -0.1) is 0 Å². The van der Waals surface area contributed by atoms with E-state index in [1.807, 2.05) is 78.9 Å². The van der Waals surface area contributed by atoms with Crippen LogP contribution in [0.1, 0.15) is 58.2 Å². The normalized spacial score (nSPS) is 13.7. The van der Waals surface area contributed by atoms with Gasteiger partial charge in [-0.3, -0.25) is 0 Å². The molecule has 0 saturated carbocycles. The van der Waals surface area contributed by atoms with Crippen molar-refractivity contribution in [1.82, 2.24) is 0 Å². The van der Waals surface area contributed by atoms with Gasteiger partial charge in [-0.2, -0.15) is 21.6 Å². The van der Waals surface area contributed by atoms with Crippen molar-refractivity contribution in [2.75, 3.05) is 0 Å². The standard InChI is InChI=1S/C33H35F3O3S2/c1-31(2,3)24-12-18-28(19-13-24)40(27-10-8-7-9-11-27,29-20-14-25(15-21-29)32(4,5)6)39-41(37,38)30-22-16-26(17-23-30)33(34,35)36/h7-23H,1-6H3. The van der Waals surface area contributed by atoms with Crippen molar-refractivity contribution in [3.05, 3.63) is 120 Å². The molecule has 8 heteroatoms. The second-order valence-corrected chi connectivity index (χ2v) is 16.4. The molecule has 4 aromatic carbocycles. The fraction of sp³-hybridized carbons (Fsp3) is 0.273. The number of rotatable bonds is 6. The molecule has 0 fully saturated rings. The van der Waals surface area contributed by atoms with Gasteiger partial charge in [0.05, 0.1) is 10.5 Å². The quantitative estimate of drug-likeness (QED) is 0.221. The van der Waals surface area contributed by atoms with Crippen LogP contribution in [-0.2, 0) is 30.8 Å². The van der Waals surface area contributed by atoms with Gasteiger partial charge >= 0.3 is 16.3 Å². The summed E-state index contributed by atoms with van der Waals surface area (Å²) in [5, 5.41) is 0. The van der Waals surface area contributed by atoms with E-state index < -0.39 is 32.2 Å². The average Bonchev–Trinajstić information content (AvgIpc) is 2.91. The second kappa shape index (κ2) is 11.0. The summed E-state index contributed by atoms with van der Waals surface area (Å²) >= 11 is 0. The molecule has 0 aliphatic carbocycles. The summed E-state index contributed by atoms with van der Waals surface area (Å²) in [7, 11) is -7.44. The molecule has 4 aromatic rings. The number of hydrogen-bond donors (Lipinski definition) is 0. The van der Waals surface area contributed by atoms with Crippen molar-refractivity contribution in [1.29, 1.82) is 0 Å². The Kier molecular flexibility index (Phi) is 8.26. The lowest BCUT2D eigenvalue weighted by molar-refractivity contribution is -0.137. The molecular formula is C33H35F3O3S2. The van der Waals surface area contributed by atoms with Crippen LogP contribution < -0.4 is 0 Å². The van der Waals surface area contributed by atoms with Crippen LogP contribution in [0.3, 0.4) is 0 Å². The molecule has 0 aliphatic rings. The maximum Gasteiger partial charge on any atom is 0.416 e. The molecule has 0 N–H and O–H groups in total. The first-order valence-corrected chi connectivity index (χ1v) is 16.1. The van der Waals surface area contributed by atoms with Crippen molar-refractivity contribution in [2.45, 2.75) is 78.1 Å². The molecule has 0 aromatic heterocycles. The number of benzene rings is 4. The molecule has 0 amide bonds. The van der Waals surface area contributed by atoms with Crippen molar-refractivity contribution in [2.24, 2.45) is 0 Å². The predicted octanol–water partition coefficient (Wildman–Crippen LogP) is 9.90. The zero-order valence-electron chi connectivity index (χ0n) is 24.0. The highest BCUT2D eigenvalue weighted by Gasteiger charge is 2.39. The molecule has 0 aliphatic heterocycles. The maximum absolute atomic E-state index is 13.9. The fourth-order valence-electron chi connectivity index (χ4n) is 4.42. The summed E-state index contributed by atoms with van der Waals surface area (Å²) in [6.07, 6.45) is -4.59. The Morgan fingerprint density at radius 3 is 1.20 bits per heavy atom. The van der Waals surface area contributed by atoms with Crippen LogP contribution in [0, 0.1) is 0 Å². The Bertz CT molecular complexity index is 1520. The summed E-state index contributed by atoms with van der Waals surface area (Å²) in [6.45, 7) is 12.6. The van der Waals surface area contributed by atoms with E-state index in [1.54, 1.807) is 0 Å². The fourth-order valence-corrected chi connectivity index (χ4v) is 9.61. The van der Waals surface area contributed by atoms with Gasteiger partial charge in [0.25, 0.3) is 0 Å². The third-order valence-corrected chi connectivity index (χ3v) is 12.0. The van der Waals surface area contributed by atoms with E-state index in [1.165, 1.54) is 0 Å². The maximum atomic E-state index is 13.9. The van der Waals surface area contributed by atoms with Crippen molar-refractivity contribution in [3.8, 4) is 0 Å². The molecule has 0 radical (unpaired) electrons. The second-order valence-electron chi connectivity index (χ2n) is 12.0. The molecule has 4 rings (SSSR count). The minimum absolute atomic E-state index is 0.134. The highest BCUT2D eigenvalue weighted by atomic mass is 32.3. The van der Waals surface area contributed by atoms with E-state index in [0.717, 1.165) is 35.4 Å². The highest BCUT2D eigenvalue weighted by Crippen LogP contribution is 2.70. The predicted molar refractivity (Wildman–Crippen MR) is 159 cm³/mol. The zero-order valence-corrected chi connectivity index (χ0v) is 25.6. The summed E-state index contributed by atoms with van der Waals surface area (Å²) in [6, 6.07) is 28.0. The summed E-state index contributed by atoms with van der Waals surface area (Å²) in [5.41, 5.74) is 0.927. The summed E-state index contributed by atoms with van der Waals surface area (Å²) in [5.74, 6) is 0. The van der Waals surface area contributed by atoms with Gasteiger partial charge in [-0.1, -0.05) is 84.0 Å². The zero-order chi connectivity index (χ0) is 30.3. The van der Waals surface area contributed by atoms with E-state index >= 15 is 0 Å². The van der Waals surface area contributed by atoms with Gasteiger partial charge in [-0.25, -0.2) is 3.63 Å². The SMILES string of the molecule is CC(C)(C)c1ccc(S(OS(=O)(=O)c2ccc(C(F)(F)F)cc2)(c2ccccc2)c2ccc(C(C)(C)C)cc2)cc1. The van der Waals surface area contributed by atoms with E-state index in [0.29, 0.717) is 14.7 Å². The van der Waals surface area contributed by atoms with Crippen molar-refractivity contribution < 1.29 is 25.2 Å². The van der Waals surface area contributed by atoms with Crippen LogP contribution in [-0.4, -0.2) is 8.42 Å². The molecular weight excluding hydrogens is 565 g/mol. The summed E-state index contributed by atoms with van der Waals surface area (Å²) in [4.78, 5) is 1.59. The Labute approximate surface area is 243 Å². The minimum Gasteiger partial charge on any atom is -0.203 e. The molecule has 0 saturated heterocycles. The lowest BCUT2D eigenvalue weighted by Crippen LogP contribution is -2.16. The van der Waals surface area contributed by atoms with Gasteiger partial charge in [0, 0.05) is 14.7 Å². The van der Waals surface area contributed by atoms with E-state index in [4.69, 9.17) is 3.63 Å². The van der Waals surface area contributed by atoms with Crippen molar-refractivity contribution >= 4 is 20.4 Å². The first kappa shape index (κ1) is 30.9. The molecule has 0 atom stereocenters. The monoisotopic (exact) mass is 600 g/mol. The lowest BCUT2D eigenvalue weighted by Gasteiger charge is -2.40. The molecule has 0 heterocycles. The molecule has 3 nitrogen and oxygen atoms in total. The van der Waals surface area contributed by atoms with Crippen molar-refractivity contribution in [3.63, 3.8) is 0 Å². The van der Waals surface area contributed by atoms with Crippen LogP contribution >= 0.6 is 10.3 Å². The smallest absolute Gasteiger partial charge is 0.203 e. The largest absolute Gasteiger partial charge is 0.416 e. The lowest BCUT2D eigenvalue weighted by atomic mass is 9.87. The number of alkyl halides is 3. The third kappa shape index (κ3) is 6.55. The van der Waals surface area contributed by atoms with Crippen LogP contribution in [0.2, 0.25) is 0 Å². The minimum atomic E-state index is -4.59. The molecule has 41 heavy (non-hydrogen) atoms. The van der Waals surface area contributed by atoms with Crippen LogP contribution in [0.5, 0.6) is 0 Å². The summed E-state index contributed by atoms with van der Waals surface area (Å²) < 4.78 is 73.7. The van der Waals surface area contributed by atoms with Crippen LogP contribution in [0.4, 0.5) is 13.2 Å². The molecule has 218 valence electrons. The first-order chi connectivity index (χ1) is 18.9. The Balaban J connectivity index is 1.98. The Morgan fingerprint density at radius 1 is 0.488 bits per heavy atom. The van der Waals surface area contributed by atoms with Gasteiger partial charge in [0.2, 0.25) is 0 Å². The van der Waals surface area contributed by atoms with Gasteiger partial charge in [0.15, 0.2) is 0 Å². The van der Waals surface area contributed by atoms with E-state index in [2.05, 4.69) is 41.5 Å². The van der Waals surface area contributed by atoms with Crippen LogP contribution in [0.15, 0.2) is 123 Å². The molecule has 0 unspecified atom stereocenters. The van der Waals surface area contributed by atoms with Gasteiger partial charge in [0.1, 0.15) is 0 Å². The van der Waals surface area contributed by atoms with E-state index in [9.17, 15) is 21.6 Å². The third-order valence-electron chi connectivity index (χ3n) is 6.84. The first-order valence-electron chi connectivity index (χ1n) is 13.2. The molecule has 0 spiro atoms. The Morgan fingerprint density at radius 2 is 0.829 bits per heavy atom. The van der Waals surface area contributed by atoms with Gasteiger partial charge in [-0.05, 0) is 92.9 Å². The number of hydrogen-bond acceptors (Lipinski definition) is 3.